The van der Waals surface area contributed by atoms with Gasteiger partial charge < -0.3 is 10.4 Å². The molecule has 1 aromatic carbocycles. The minimum Gasteiger partial charge on any atom is -0.391 e. The summed E-state index contributed by atoms with van der Waals surface area (Å²) in [7, 11) is 0. The maximum Gasteiger partial charge on any atom is 0.233 e. The van der Waals surface area contributed by atoms with Gasteiger partial charge in [-0.2, -0.15) is 0 Å². The van der Waals surface area contributed by atoms with Crippen molar-refractivity contribution in [1.82, 2.24) is 4.98 Å². The summed E-state index contributed by atoms with van der Waals surface area (Å²) < 4.78 is 0. The number of benzene rings is 1. The van der Waals surface area contributed by atoms with Crippen molar-refractivity contribution in [2.75, 3.05) is 5.32 Å². The third-order valence-corrected chi connectivity index (χ3v) is 6.28. The van der Waals surface area contributed by atoms with Crippen LogP contribution in [0, 0.1) is 5.92 Å². The van der Waals surface area contributed by atoms with Crippen LogP contribution in [0.3, 0.4) is 0 Å². The van der Waals surface area contributed by atoms with E-state index in [9.17, 15) is 4.79 Å². The van der Waals surface area contributed by atoms with E-state index in [2.05, 4.69) is 10.3 Å². The van der Waals surface area contributed by atoms with E-state index in [1.54, 1.807) is 18.3 Å². The summed E-state index contributed by atoms with van der Waals surface area (Å²) in [5.74, 6) is 0.165. The summed E-state index contributed by atoms with van der Waals surface area (Å²) in [6, 6.07) is 5.39. The van der Waals surface area contributed by atoms with Crippen LogP contribution in [0.5, 0.6) is 0 Å². The van der Waals surface area contributed by atoms with E-state index in [1.807, 2.05) is 6.07 Å². The van der Waals surface area contributed by atoms with Crippen LogP contribution < -0.4 is 5.32 Å². The molecule has 134 valence electrons. The van der Waals surface area contributed by atoms with Gasteiger partial charge in [0.15, 0.2) is 5.13 Å². The lowest BCUT2D eigenvalue weighted by molar-refractivity contribution is -0.118. The molecule has 25 heavy (non-hydrogen) atoms. The van der Waals surface area contributed by atoms with E-state index in [1.165, 1.54) is 24.2 Å². The molecule has 1 saturated carbocycles. The number of aromatic nitrogens is 1. The van der Waals surface area contributed by atoms with Gasteiger partial charge >= 0.3 is 0 Å². The first-order valence-electron chi connectivity index (χ1n) is 8.38. The number of hydrogen-bond acceptors (Lipinski definition) is 4. The van der Waals surface area contributed by atoms with Gasteiger partial charge in [0.05, 0.1) is 27.4 Å². The van der Waals surface area contributed by atoms with Crippen molar-refractivity contribution in [2.24, 2.45) is 5.92 Å². The molecule has 1 aliphatic rings. The second kappa shape index (κ2) is 8.49. The number of thiazole rings is 1. The molecule has 1 amide bonds. The van der Waals surface area contributed by atoms with Crippen LogP contribution in [0.15, 0.2) is 24.4 Å². The highest BCUT2D eigenvalue weighted by Crippen LogP contribution is 2.36. The monoisotopic (exact) mass is 398 g/mol. The fraction of sp³-hybridized carbons (Fsp3) is 0.444. The molecular formula is C18H20Cl2N2O2S. The minimum atomic E-state index is -0.292. The fourth-order valence-corrected chi connectivity index (χ4v) is 4.32. The lowest BCUT2D eigenvalue weighted by atomic mass is 9.87. The Kier molecular flexibility index (Phi) is 6.34. The van der Waals surface area contributed by atoms with Gasteiger partial charge in [-0.3, -0.25) is 4.79 Å². The van der Waals surface area contributed by atoms with Gasteiger partial charge in [-0.05, 0) is 30.0 Å². The van der Waals surface area contributed by atoms with E-state index in [4.69, 9.17) is 28.3 Å². The van der Waals surface area contributed by atoms with Gasteiger partial charge in [0.1, 0.15) is 0 Å². The number of aliphatic hydroxyl groups excluding tert-OH is 1. The molecule has 4 nitrogen and oxygen atoms in total. The number of carbonyl (C=O) groups excluding carboxylic acids is 1. The quantitative estimate of drug-likeness (QED) is 0.698. The van der Waals surface area contributed by atoms with E-state index in [-0.39, 0.29) is 18.4 Å². The first-order valence-corrected chi connectivity index (χ1v) is 9.95. The molecule has 1 aliphatic carbocycles. The van der Waals surface area contributed by atoms with Gasteiger partial charge in [0.2, 0.25) is 5.91 Å². The van der Waals surface area contributed by atoms with Crippen molar-refractivity contribution in [1.29, 1.82) is 0 Å². The van der Waals surface area contributed by atoms with Crippen LogP contribution in [-0.2, 0) is 11.4 Å². The molecule has 7 heteroatoms. The Morgan fingerprint density at radius 3 is 2.72 bits per heavy atom. The van der Waals surface area contributed by atoms with Crippen molar-refractivity contribution in [3.63, 3.8) is 0 Å². The molecular weight excluding hydrogens is 379 g/mol. The highest BCUT2D eigenvalue weighted by molar-refractivity contribution is 7.15. The first-order chi connectivity index (χ1) is 12.1. The van der Waals surface area contributed by atoms with Crippen molar-refractivity contribution in [3.05, 3.63) is 44.9 Å². The number of rotatable bonds is 6. The maximum absolute atomic E-state index is 12.9. The lowest BCUT2D eigenvalue weighted by Gasteiger charge is -2.20. The van der Waals surface area contributed by atoms with Gasteiger partial charge in [-0.25, -0.2) is 4.98 Å². The zero-order chi connectivity index (χ0) is 17.8. The van der Waals surface area contributed by atoms with E-state index < -0.39 is 0 Å². The van der Waals surface area contributed by atoms with Crippen LogP contribution in [0.1, 0.15) is 48.5 Å². The Balaban J connectivity index is 1.80. The summed E-state index contributed by atoms with van der Waals surface area (Å²) >= 11 is 13.5. The zero-order valence-electron chi connectivity index (χ0n) is 13.7. The number of nitrogens with zero attached hydrogens (tertiary/aromatic N) is 1. The number of anilines is 1. The Morgan fingerprint density at radius 2 is 2.08 bits per heavy atom. The number of nitrogens with one attached hydrogen (secondary N) is 1. The smallest absolute Gasteiger partial charge is 0.233 e. The predicted octanol–water partition coefficient (Wildman–Crippen LogP) is 5.24. The van der Waals surface area contributed by atoms with Gasteiger partial charge in [-0.1, -0.05) is 66.3 Å². The highest BCUT2D eigenvalue weighted by atomic mass is 35.5. The van der Waals surface area contributed by atoms with Crippen LogP contribution in [-0.4, -0.2) is 16.0 Å². The average Bonchev–Trinajstić information content (AvgIpc) is 3.26. The molecule has 0 spiro atoms. The van der Waals surface area contributed by atoms with Gasteiger partial charge in [0, 0.05) is 6.20 Å². The van der Waals surface area contributed by atoms with E-state index in [0.717, 1.165) is 29.7 Å². The Morgan fingerprint density at radius 1 is 1.32 bits per heavy atom. The van der Waals surface area contributed by atoms with Crippen LogP contribution in [0.25, 0.3) is 0 Å². The summed E-state index contributed by atoms with van der Waals surface area (Å²) in [6.45, 7) is -0.0775. The molecule has 1 heterocycles. The topological polar surface area (TPSA) is 62.2 Å². The number of carbonyl (C=O) groups is 1. The molecule has 0 radical (unpaired) electrons. The number of hydrogen-bond donors (Lipinski definition) is 2. The molecule has 1 unspecified atom stereocenters. The zero-order valence-corrected chi connectivity index (χ0v) is 16.0. The lowest BCUT2D eigenvalue weighted by Crippen LogP contribution is -2.23. The molecule has 1 fully saturated rings. The Labute approximate surface area is 161 Å². The van der Waals surface area contributed by atoms with Crippen LogP contribution in [0.4, 0.5) is 5.13 Å². The second-order valence-electron chi connectivity index (χ2n) is 6.39. The van der Waals surface area contributed by atoms with Gasteiger partial charge in [-0.15, -0.1) is 0 Å². The first kappa shape index (κ1) is 18.6. The molecule has 2 N–H and O–H groups in total. The largest absolute Gasteiger partial charge is 0.391 e. The summed E-state index contributed by atoms with van der Waals surface area (Å²) in [5.41, 5.74) is 0.873. The Bertz CT molecular complexity index is 744. The molecule has 0 aliphatic heterocycles. The summed E-state index contributed by atoms with van der Waals surface area (Å²) in [5, 5.41) is 13.5. The molecule has 3 rings (SSSR count). The molecule has 2 aromatic rings. The van der Waals surface area contributed by atoms with Gasteiger partial charge in [0.25, 0.3) is 0 Å². The predicted molar refractivity (Wildman–Crippen MR) is 102 cm³/mol. The SMILES string of the molecule is O=C(Nc1ncc(CO)s1)C(CC1CCCC1)c1ccc(Cl)c(Cl)c1. The van der Waals surface area contributed by atoms with Crippen LogP contribution >= 0.6 is 34.5 Å². The summed E-state index contributed by atoms with van der Waals surface area (Å²) in [4.78, 5) is 17.8. The third-order valence-electron chi connectivity index (χ3n) is 4.65. The van der Waals surface area contributed by atoms with Crippen molar-refractivity contribution < 1.29 is 9.90 Å². The Hall–Kier alpha value is -1.14. The minimum absolute atomic E-state index is 0.0775. The van der Waals surface area contributed by atoms with Crippen LogP contribution in [0.2, 0.25) is 10.0 Å². The standard InChI is InChI=1S/C18H20Cl2N2O2S/c19-15-6-5-12(8-16(15)20)14(7-11-3-1-2-4-11)17(24)22-18-21-9-13(10-23)25-18/h5-6,8-9,11,14,23H,1-4,7,10H2,(H,21,22,24). The molecule has 0 bridgehead atoms. The van der Waals surface area contributed by atoms with Crippen molar-refractivity contribution >= 4 is 45.6 Å². The molecule has 1 aromatic heterocycles. The number of amides is 1. The second-order valence-corrected chi connectivity index (χ2v) is 8.32. The van der Waals surface area contributed by atoms with E-state index >= 15 is 0 Å². The fourth-order valence-electron chi connectivity index (χ4n) is 3.33. The molecule has 0 saturated heterocycles. The average molecular weight is 399 g/mol. The normalized spacial score (nSPS) is 16.1. The van der Waals surface area contributed by atoms with E-state index in [0.29, 0.717) is 21.1 Å². The maximum atomic E-state index is 12.9. The molecule has 1 atom stereocenters. The number of aliphatic hydroxyl groups is 1. The van der Waals surface area contributed by atoms with Crippen molar-refractivity contribution in [3.8, 4) is 0 Å². The highest BCUT2D eigenvalue weighted by Gasteiger charge is 2.27. The number of halogens is 2. The van der Waals surface area contributed by atoms with Crippen molar-refractivity contribution in [2.45, 2.75) is 44.6 Å². The third kappa shape index (κ3) is 4.73. The summed E-state index contributed by atoms with van der Waals surface area (Å²) in [6.07, 6.45) is 7.15.